The van der Waals surface area contributed by atoms with Crippen LogP contribution >= 0.6 is 11.3 Å². The molecule has 5 rings (SSSR count). The van der Waals surface area contributed by atoms with Crippen molar-refractivity contribution in [3.05, 3.63) is 11.6 Å². The summed E-state index contributed by atoms with van der Waals surface area (Å²) in [5.41, 5.74) is -0.372. The predicted octanol–water partition coefficient (Wildman–Crippen LogP) is 0.594. The zero-order valence-corrected chi connectivity index (χ0v) is 15.6. The number of morpholine rings is 1. The summed E-state index contributed by atoms with van der Waals surface area (Å²) in [7, 11) is 0. The summed E-state index contributed by atoms with van der Waals surface area (Å²) in [6.45, 7) is 4.30. The third-order valence-corrected chi connectivity index (χ3v) is 7.41. The van der Waals surface area contributed by atoms with Gasteiger partial charge in [0.15, 0.2) is 5.13 Å². The number of fused-ring (bicyclic) bond motifs is 1. The minimum atomic E-state index is -0.372. The van der Waals surface area contributed by atoms with Crippen molar-refractivity contribution in [1.82, 2.24) is 9.88 Å². The van der Waals surface area contributed by atoms with Gasteiger partial charge in [-0.1, -0.05) is 0 Å². The van der Waals surface area contributed by atoms with Crippen LogP contribution in [0.2, 0.25) is 0 Å². The van der Waals surface area contributed by atoms with E-state index in [0.29, 0.717) is 26.3 Å². The van der Waals surface area contributed by atoms with E-state index in [9.17, 15) is 9.90 Å². The highest BCUT2D eigenvalue weighted by atomic mass is 32.1. The van der Waals surface area contributed by atoms with Crippen LogP contribution in [0.25, 0.3) is 0 Å². The van der Waals surface area contributed by atoms with E-state index in [1.807, 2.05) is 16.5 Å². The third-order valence-electron chi connectivity index (χ3n) is 6.57. The van der Waals surface area contributed by atoms with Gasteiger partial charge in [-0.3, -0.25) is 4.79 Å². The summed E-state index contributed by atoms with van der Waals surface area (Å²) in [4.78, 5) is 21.8. The van der Waals surface area contributed by atoms with Crippen molar-refractivity contribution in [2.75, 3.05) is 50.9 Å². The fraction of sp³-hybridized carbons (Fsp3) is 0.778. The molecule has 0 saturated carbocycles. The number of hydrogen-bond acceptors (Lipinski definition) is 7. The number of likely N-dealkylation sites (tertiary alicyclic amines) is 1. The SMILES string of the molecule is O=C(C1CCOCC1)N1C[C@@H]2[C@H](CO)[C@H]3CN(c4nccs4)C[C@]2(C1)O3. The molecule has 0 unspecified atom stereocenters. The van der Waals surface area contributed by atoms with Crippen LogP contribution in [0, 0.1) is 17.8 Å². The molecule has 0 aliphatic carbocycles. The second-order valence-electron chi connectivity index (χ2n) is 7.97. The van der Waals surface area contributed by atoms with Gasteiger partial charge < -0.3 is 24.4 Å². The summed E-state index contributed by atoms with van der Waals surface area (Å²) < 4.78 is 11.9. The molecule has 142 valence electrons. The Morgan fingerprint density at radius 3 is 2.92 bits per heavy atom. The van der Waals surface area contributed by atoms with Crippen molar-refractivity contribution in [2.45, 2.75) is 24.5 Å². The zero-order valence-electron chi connectivity index (χ0n) is 14.7. The number of aliphatic hydroxyl groups excluding tert-OH is 1. The topological polar surface area (TPSA) is 75.1 Å². The Kier molecular flexibility index (Phi) is 4.19. The summed E-state index contributed by atoms with van der Waals surface area (Å²) in [5.74, 6) is 0.597. The monoisotopic (exact) mass is 379 g/mol. The first-order valence-electron chi connectivity index (χ1n) is 9.50. The van der Waals surface area contributed by atoms with E-state index in [-0.39, 0.29) is 42.0 Å². The molecule has 1 N–H and O–H groups in total. The van der Waals surface area contributed by atoms with Gasteiger partial charge >= 0.3 is 0 Å². The van der Waals surface area contributed by atoms with E-state index in [2.05, 4.69) is 9.88 Å². The number of amides is 1. The van der Waals surface area contributed by atoms with Gasteiger partial charge in [0.2, 0.25) is 5.91 Å². The van der Waals surface area contributed by atoms with Crippen LogP contribution in [-0.2, 0) is 14.3 Å². The number of aromatic nitrogens is 1. The Labute approximate surface area is 156 Å². The molecule has 4 aliphatic rings. The summed E-state index contributed by atoms with van der Waals surface area (Å²) >= 11 is 1.63. The Hall–Kier alpha value is -1.22. The number of carbonyl (C=O) groups excluding carboxylic acids is 1. The first-order valence-corrected chi connectivity index (χ1v) is 10.4. The molecule has 4 atom stereocenters. The second kappa shape index (κ2) is 6.44. The standard InChI is InChI=1S/C18H25N3O4S/c22-9-13-14-7-20(16(23)12-1-4-24-5-2-12)10-18(14)11-21(8-15(13)25-18)17-19-3-6-26-17/h3,6,12-15,22H,1-2,4-5,7-11H2/t13-,14+,15+,18-/m0/s1. The molecule has 4 aliphatic heterocycles. The first kappa shape index (κ1) is 16.9. The van der Waals surface area contributed by atoms with Gasteiger partial charge in [0.1, 0.15) is 5.60 Å². The predicted molar refractivity (Wildman–Crippen MR) is 96.1 cm³/mol. The smallest absolute Gasteiger partial charge is 0.225 e. The number of carbonyl (C=O) groups is 1. The normalized spacial score (nSPS) is 37.2. The lowest BCUT2D eigenvalue weighted by Gasteiger charge is -2.40. The highest BCUT2D eigenvalue weighted by Gasteiger charge is 2.63. The lowest BCUT2D eigenvalue weighted by Crippen LogP contribution is -2.54. The first-order chi connectivity index (χ1) is 12.7. The van der Waals surface area contributed by atoms with Gasteiger partial charge in [0, 0.05) is 62.2 Å². The van der Waals surface area contributed by atoms with Crippen LogP contribution in [0.5, 0.6) is 0 Å². The highest BCUT2D eigenvalue weighted by Crippen LogP contribution is 2.50. The van der Waals surface area contributed by atoms with Gasteiger partial charge in [-0.05, 0) is 12.8 Å². The summed E-state index contributed by atoms with van der Waals surface area (Å²) in [6.07, 6.45) is 3.46. The van der Waals surface area contributed by atoms with E-state index in [1.165, 1.54) is 0 Å². The molecule has 1 spiro atoms. The van der Waals surface area contributed by atoms with Gasteiger partial charge in [-0.2, -0.15) is 0 Å². The molecule has 8 heteroatoms. The van der Waals surface area contributed by atoms with Crippen LogP contribution in [-0.4, -0.2) is 78.6 Å². The van der Waals surface area contributed by atoms with E-state index in [0.717, 1.165) is 31.1 Å². The maximum absolute atomic E-state index is 13.0. The number of hydrogen-bond donors (Lipinski definition) is 1. The molecule has 4 saturated heterocycles. The minimum absolute atomic E-state index is 0.0167. The summed E-state index contributed by atoms with van der Waals surface area (Å²) in [6, 6.07) is 0. The summed E-state index contributed by atoms with van der Waals surface area (Å²) in [5, 5.41) is 13.0. The van der Waals surface area contributed by atoms with E-state index >= 15 is 0 Å². The van der Waals surface area contributed by atoms with Gasteiger partial charge in [-0.25, -0.2) is 4.98 Å². The number of aliphatic hydroxyl groups is 1. The van der Waals surface area contributed by atoms with Crippen molar-refractivity contribution in [2.24, 2.45) is 17.8 Å². The van der Waals surface area contributed by atoms with Crippen molar-refractivity contribution in [3.63, 3.8) is 0 Å². The highest BCUT2D eigenvalue weighted by molar-refractivity contribution is 7.13. The number of thiazole rings is 1. The molecule has 5 heterocycles. The van der Waals surface area contributed by atoms with Gasteiger partial charge in [0.25, 0.3) is 0 Å². The number of anilines is 1. The maximum Gasteiger partial charge on any atom is 0.225 e. The number of rotatable bonds is 3. The molecule has 1 aromatic heterocycles. The molecule has 26 heavy (non-hydrogen) atoms. The quantitative estimate of drug-likeness (QED) is 0.829. The largest absolute Gasteiger partial charge is 0.396 e. The fourth-order valence-corrected chi connectivity index (χ4v) is 5.98. The molecular formula is C18H25N3O4S. The Balaban J connectivity index is 1.38. The molecule has 0 aromatic carbocycles. The van der Waals surface area contributed by atoms with Crippen molar-refractivity contribution in [1.29, 1.82) is 0 Å². The van der Waals surface area contributed by atoms with Crippen molar-refractivity contribution in [3.8, 4) is 0 Å². The van der Waals surface area contributed by atoms with Gasteiger partial charge in [0.05, 0.1) is 19.2 Å². The number of nitrogens with zero attached hydrogens (tertiary/aromatic N) is 3. The van der Waals surface area contributed by atoms with E-state index in [1.54, 1.807) is 11.3 Å². The Morgan fingerprint density at radius 2 is 2.19 bits per heavy atom. The molecule has 2 bridgehead atoms. The Bertz CT molecular complexity index is 665. The van der Waals surface area contributed by atoms with Crippen LogP contribution in [0.1, 0.15) is 12.8 Å². The van der Waals surface area contributed by atoms with Crippen LogP contribution in [0.4, 0.5) is 5.13 Å². The van der Waals surface area contributed by atoms with Crippen LogP contribution < -0.4 is 4.90 Å². The minimum Gasteiger partial charge on any atom is -0.396 e. The third kappa shape index (κ3) is 2.58. The van der Waals surface area contributed by atoms with Crippen LogP contribution in [0.15, 0.2) is 11.6 Å². The average Bonchev–Trinajstić information content (AvgIpc) is 3.35. The second-order valence-corrected chi connectivity index (χ2v) is 8.85. The van der Waals surface area contributed by atoms with E-state index in [4.69, 9.17) is 9.47 Å². The fourth-order valence-electron chi connectivity index (χ4n) is 5.32. The average molecular weight is 379 g/mol. The molecular weight excluding hydrogens is 354 g/mol. The lowest BCUT2D eigenvalue weighted by atomic mass is 9.83. The molecule has 1 amide bonds. The molecule has 7 nitrogen and oxygen atoms in total. The number of ether oxygens (including phenoxy) is 2. The molecule has 1 aromatic rings. The van der Waals surface area contributed by atoms with Crippen molar-refractivity contribution < 1.29 is 19.4 Å². The lowest BCUT2D eigenvalue weighted by molar-refractivity contribution is -0.140. The van der Waals surface area contributed by atoms with Gasteiger partial charge in [-0.15, -0.1) is 11.3 Å². The van der Waals surface area contributed by atoms with Crippen LogP contribution in [0.3, 0.4) is 0 Å². The molecule has 4 fully saturated rings. The van der Waals surface area contributed by atoms with Crippen molar-refractivity contribution >= 4 is 22.4 Å². The zero-order chi connectivity index (χ0) is 17.7. The maximum atomic E-state index is 13.0. The van der Waals surface area contributed by atoms with E-state index < -0.39 is 0 Å². The molecule has 0 radical (unpaired) electrons. The Morgan fingerprint density at radius 1 is 1.35 bits per heavy atom.